The summed E-state index contributed by atoms with van der Waals surface area (Å²) in [5.74, 6) is -1.17. The Morgan fingerprint density at radius 3 is 2.57 bits per heavy atom. The van der Waals surface area contributed by atoms with Crippen molar-refractivity contribution < 1.29 is 18.8 Å². The predicted molar refractivity (Wildman–Crippen MR) is 104 cm³/mol. The van der Waals surface area contributed by atoms with Gasteiger partial charge in [-0.15, -0.1) is 0 Å². The van der Waals surface area contributed by atoms with E-state index in [2.05, 4.69) is 20.9 Å². The number of likely N-dealkylation sites (N-methyl/N-ethyl adjacent to an activating group) is 1. The fourth-order valence-corrected chi connectivity index (χ4v) is 2.94. The van der Waals surface area contributed by atoms with Crippen molar-refractivity contribution in [1.82, 2.24) is 20.9 Å². The van der Waals surface area contributed by atoms with Gasteiger partial charge in [-0.25, -0.2) is 0 Å². The normalized spacial score (nSPS) is 12.9. The highest BCUT2D eigenvalue weighted by Gasteiger charge is 2.25. The number of para-hydroxylation sites is 1. The van der Waals surface area contributed by atoms with Crippen molar-refractivity contribution in [3.05, 3.63) is 60.2 Å². The molecule has 0 aliphatic heterocycles. The molecule has 1 aromatic carbocycles. The maximum atomic E-state index is 12.5. The van der Waals surface area contributed by atoms with Crippen LogP contribution in [-0.2, 0) is 16.0 Å². The van der Waals surface area contributed by atoms with Gasteiger partial charge in [0.15, 0.2) is 5.76 Å². The standard InChI is InChI=1S/C20H22N4O4/c1-12(23-20(27)17-8-5-9-28-17)18(25)24-16(19(26)21-2)10-13-11-22-15-7-4-3-6-14(13)15/h3-9,11-12,16,22H,10H2,1-2H3,(H,21,26)(H,23,27)(H,24,25)/t12?,16-/m0/s1. The highest BCUT2D eigenvalue weighted by molar-refractivity contribution is 5.96. The number of benzene rings is 1. The molecule has 0 aliphatic carbocycles. The highest BCUT2D eigenvalue weighted by Crippen LogP contribution is 2.19. The van der Waals surface area contributed by atoms with E-state index in [4.69, 9.17) is 4.42 Å². The maximum Gasteiger partial charge on any atom is 0.287 e. The second-order valence-electron chi connectivity index (χ2n) is 6.41. The van der Waals surface area contributed by atoms with Crippen LogP contribution >= 0.6 is 0 Å². The van der Waals surface area contributed by atoms with Gasteiger partial charge in [0.25, 0.3) is 5.91 Å². The fraction of sp³-hybridized carbons (Fsp3) is 0.250. The lowest BCUT2D eigenvalue weighted by Gasteiger charge is -2.20. The van der Waals surface area contributed by atoms with Crippen LogP contribution in [0.15, 0.2) is 53.3 Å². The largest absolute Gasteiger partial charge is 0.459 e. The van der Waals surface area contributed by atoms with E-state index in [1.807, 2.05) is 30.5 Å². The molecule has 0 radical (unpaired) electrons. The first-order chi connectivity index (χ1) is 13.5. The van der Waals surface area contributed by atoms with Crippen LogP contribution in [0.25, 0.3) is 10.9 Å². The van der Waals surface area contributed by atoms with Gasteiger partial charge in [0, 0.05) is 30.6 Å². The Labute approximate surface area is 161 Å². The van der Waals surface area contributed by atoms with E-state index in [1.165, 1.54) is 19.4 Å². The van der Waals surface area contributed by atoms with Crippen molar-refractivity contribution in [2.24, 2.45) is 0 Å². The van der Waals surface area contributed by atoms with Crippen molar-refractivity contribution >= 4 is 28.6 Å². The first-order valence-corrected chi connectivity index (χ1v) is 8.91. The number of amides is 3. The Hall–Kier alpha value is -3.55. The molecule has 8 nitrogen and oxygen atoms in total. The van der Waals surface area contributed by atoms with Crippen LogP contribution in [0.4, 0.5) is 0 Å². The lowest BCUT2D eigenvalue weighted by atomic mass is 10.0. The van der Waals surface area contributed by atoms with Crippen LogP contribution in [0.2, 0.25) is 0 Å². The van der Waals surface area contributed by atoms with Crippen LogP contribution in [-0.4, -0.2) is 41.8 Å². The number of fused-ring (bicyclic) bond motifs is 1. The fourth-order valence-electron chi connectivity index (χ4n) is 2.94. The Morgan fingerprint density at radius 1 is 1.07 bits per heavy atom. The highest BCUT2D eigenvalue weighted by atomic mass is 16.3. The number of carbonyl (C=O) groups is 3. The van der Waals surface area contributed by atoms with E-state index in [-0.39, 0.29) is 11.7 Å². The minimum atomic E-state index is -0.840. The first-order valence-electron chi connectivity index (χ1n) is 8.91. The number of furan rings is 1. The van der Waals surface area contributed by atoms with E-state index >= 15 is 0 Å². The molecule has 3 amide bonds. The molecule has 1 unspecified atom stereocenters. The lowest BCUT2D eigenvalue weighted by molar-refractivity contribution is -0.129. The molecular formula is C20H22N4O4. The molecule has 0 bridgehead atoms. The van der Waals surface area contributed by atoms with Crippen molar-refractivity contribution in [3.8, 4) is 0 Å². The summed E-state index contributed by atoms with van der Waals surface area (Å²) in [6, 6.07) is 9.21. The van der Waals surface area contributed by atoms with Crippen LogP contribution in [0.3, 0.4) is 0 Å². The molecule has 2 atom stereocenters. The number of hydrogen-bond acceptors (Lipinski definition) is 4. The van der Waals surface area contributed by atoms with Crippen molar-refractivity contribution in [2.75, 3.05) is 7.05 Å². The molecule has 2 aromatic heterocycles. The van der Waals surface area contributed by atoms with E-state index < -0.39 is 23.9 Å². The van der Waals surface area contributed by atoms with E-state index in [0.29, 0.717) is 6.42 Å². The van der Waals surface area contributed by atoms with Crippen LogP contribution < -0.4 is 16.0 Å². The molecule has 0 saturated heterocycles. The smallest absolute Gasteiger partial charge is 0.287 e. The third kappa shape index (κ3) is 4.22. The van der Waals surface area contributed by atoms with Gasteiger partial charge in [0.2, 0.25) is 11.8 Å². The van der Waals surface area contributed by atoms with Gasteiger partial charge in [0.05, 0.1) is 6.26 Å². The zero-order valence-electron chi connectivity index (χ0n) is 15.6. The molecule has 146 valence electrons. The summed E-state index contributed by atoms with van der Waals surface area (Å²) < 4.78 is 5.01. The molecule has 0 aliphatic rings. The number of aromatic amines is 1. The topological polar surface area (TPSA) is 116 Å². The minimum absolute atomic E-state index is 0.112. The summed E-state index contributed by atoms with van der Waals surface area (Å²) in [6.07, 6.45) is 3.52. The van der Waals surface area contributed by atoms with Crippen molar-refractivity contribution in [3.63, 3.8) is 0 Å². The van der Waals surface area contributed by atoms with Crippen LogP contribution in [0.5, 0.6) is 0 Å². The molecule has 2 heterocycles. The van der Waals surface area contributed by atoms with E-state index in [0.717, 1.165) is 16.5 Å². The summed E-state index contributed by atoms with van der Waals surface area (Å²) in [4.78, 5) is 40.0. The van der Waals surface area contributed by atoms with Gasteiger partial charge in [-0.1, -0.05) is 18.2 Å². The van der Waals surface area contributed by atoms with Crippen molar-refractivity contribution in [1.29, 1.82) is 0 Å². The summed E-state index contributed by atoms with van der Waals surface area (Å²) in [7, 11) is 1.51. The molecule has 28 heavy (non-hydrogen) atoms. The Morgan fingerprint density at radius 2 is 1.86 bits per heavy atom. The summed E-state index contributed by atoms with van der Waals surface area (Å²) in [5, 5.41) is 8.82. The molecule has 8 heteroatoms. The number of carbonyl (C=O) groups excluding carboxylic acids is 3. The second kappa shape index (κ2) is 8.43. The van der Waals surface area contributed by atoms with Crippen LogP contribution in [0.1, 0.15) is 23.0 Å². The Balaban J connectivity index is 1.69. The summed E-state index contributed by atoms with van der Waals surface area (Å²) >= 11 is 0. The monoisotopic (exact) mass is 382 g/mol. The molecule has 0 spiro atoms. The van der Waals surface area contributed by atoms with Crippen molar-refractivity contribution in [2.45, 2.75) is 25.4 Å². The maximum absolute atomic E-state index is 12.5. The summed E-state index contributed by atoms with van der Waals surface area (Å²) in [6.45, 7) is 1.54. The Kier molecular flexibility index (Phi) is 5.78. The number of rotatable bonds is 7. The van der Waals surface area contributed by atoms with Gasteiger partial charge in [-0.3, -0.25) is 14.4 Å². The number of aromatic nitrogens is 1. The van der Waals surface area contributed by atoms with E-state index in [1.54, 1.807) is 13.0 Å². The minimum Gasteiger partial charge on any atom is -0.459 e. The number of H-pyrrole nitrogens is 1. The van der Waals surface area contributed by atoms with Gasteiger partial charge >= 0.3 is 0 Å². The SMILES string of the molecule is CNC(=O)[C@H](Cc1c[nH]c2ccccc12)NC(=O)C(C)NC(=O)c1ccco1. The second-order valence-corrected chi connectivity index (χ2v) is 6.41. The molecular weight excluding hydrogens is 360 g/mol. The Bertz CT molecular complexity index is 977. The lowest BCUT2D eigenvalue weighted by Crippen LogP contribution is -2.53. The van der Waals surface area contributed by atoms with Gasteiger partial charge in [0.1, 0.15) is 12.1 Å². The summed E-state index contributed by atoms with van der Waals surface area (Å²) in [5.41, 5.74) is 1.87. The third-order valence-electron chi connectivity index (χ3n) is 4.46. The predicted octanol–water partition coefficient (Wildman–Crippen LogP) is 1.35. The average Bonchev–Trinajstić information content (AvgIpc) is 3.37. The zero-order chi connectivity index (χ0) is 20.1. The first kappa shape index (κ1) is 19.2. The molecule has 3 aromatic rings. The molecule has 3 rings (SSSR count). The molecule has 4 N–H and O–H groups in total. The van der Waals surface area contributed by atoms with E-state index in [9.17, 15) is 14.4 Å². The van der Waals surface area contributed by atoms with Gasteiger partial charge in [-0.2, -0.15) is 0 Å². The van der Waals surface area contributed by atoms with Gasteiger partial charge in [-0.05, 0) is 30.7 Å². The average molecular weight is 382 g/mol. The third-order valence-corrected chi connectivity index (χ3v) is 4.46. The number of nitrogens with one attached hydrogen (secondary N) is 4. The number of hydrogen-bond donors (Lipinski definition) is 4. The van der Waals surface area contributed by atoms with Gasteiger partial charge < -0.3 is 25.4 Å². The zero-order valence-corrected chi connectivity index (χ0v) is 15.6. The molecule has 0 fully saturated rings. The van der Waals surface area contributed by atoms with Crippen LogP contribution in [0, 0.1) is 0 Å². The molecule has 0 saturated carbocycles. The quantitative estimate of drug-likeness (QED) is 0.494.